The summed E-state index contributed by atoms with van der Waals surface area (Å²) in [5, 5.41) is 13.1. The van der Waals surface area contributed by atoms with Gasteiger partial charge in [-0.3, -0.25) is 0 Å². The van der Waals surface area contributed by atoms with Crippen LogP contribution in [-0.4, -0.2) is 38.5 Å². The van der Waals surface area contributed by atoms with Crippen molar-refractivity contribution in [3.05, 3.63) is 58.9 Å². The van der Waals surface area contributed by atoms with Gasteiger partial charge >= 0.3 is 0 Å². The fraction of sp³-hybridized carbons (Fsp3) is 0.400. The molecule has 1 aromatic rings. The first-order valence-corrected chi connectivity index (χ1v) is 8.19. The van der Waals surface area contributed by atoms with E-state index in [2.05, 4.69) is 17.5 Å². The molecule has 0 spiro atoms. The van der Waals surface area contributed by atoms with Crippen molar-refractivity contribution in [1.29, 1.82) is 0 Å². The molecule has 0 saturated carbocycles. The van der Waals surface area contributed by atoms with Crippen LogP contribution in [0.2, 0.25) is 0 Å². The second kappa shape index (κ2) is 8.71. The van der Waals surface area contributed by atoms with E-state index in [1.54, 1.807) is 20.3 Å². The normalized spacial score (nSPS) is 19.2. The zero-order valence-electron chi connectivity index (χ0n) is 14.9. The molecule has 1 aromatic carbocycles. The average molecular weight is 329 g/mol. The lowest BCUT2D eigenvalue weighted by Crippen LogP contribution is -2.36. The summed E-state index contributed by atoms with van der Waals surface area (Å²) in [6.07, 6.45) is 7.30. The molecule has 0 aromatic heterocycles. The van der Waals surface area contributed by atoms with Gasteiger partial charge in [0.05, 0.1) is 13.7 Å². The highest BCUT2D eigenvalue weighted by Crippen LogP contribution is 2.25. The maximum Gasteiger partial charge on any atom is 0.122 e. The Morgan fingerprint density at radius 3 is 2.75 bits per heavy atom. The molecule has 24 heavy (non-hydrogen) atoms. The van der Waals surface area contributed by atoms with Gasteiger partial charge in [0, 0.05) is 19.7 Å². The smallest absolute Gasteiger partial charge is 0.122 e. The first-order valence-electron chi connectivity index (χ1n) is 8.19. The Kier molecular flexibility index (Phi) is 6.64. The van der Waals surface area contributed by atoms with Crippen molar-refractivity contribution in [3.63, 3.8) is 0 Å². The van der Waals surface area contributed by atoms with Crippen molar-refractivity contribution in [2.45, 2.75) is 26.3 Å². The van der Waals surface area contributed by atoms with Gasteiger partial charge in [-0.15, -0.1) is 0 Å². The number of hydrogen-bond donors (Lipinski definition) is 2. The molecule has 0 amide bonds. The Morgan fingerprint density at radius 1 is 1.38 bits per heavy atom. The Hall–Kier alpha value is -2.04. The Labute approximate surface area is 144 Å². The van der Waals surface area contributed by atoms with E-state index >= 15 is 0 Å². The molecular formula is C20H27NO3. The average Bonchev–Trinajstić information content (AvgIpc) is 2.59. The van der Waals surface area contributed by atoms with Gasteiger partial charge in [0.15, 0.2) is 0 Å². The van der Waals surface area contributed by atoms with E-state index in [4.69, 9.17) is 9.47 Å². The minimum atomic E-state index is 0.310. The van der Waals surface area contributed by atoms with Crippen molar-refractivity contribution >= 4 is 5.57 Å². The van der Waals surface area contributed by atoms with E-state index in [1.165, 1.54) is 5.57 Å². The van der Waals surface area contributed by atoms with Crippen LogP contribution in [0, 0.1) is 6.92 Å². The van der Waals surface area contributed by atoms with Crippen LogP contribution in [0.4, 0.5) is 0 Å². The molecule has 0 bridgehead atoms. The van der Waals surface area contributed by atoms with E-state index < -0.39 is 0 Å². The molecule has 1 aliphatic heterocycles. The van der Waals surface area contributed by atoms with E-state index in [1.807, 2.05) is 32.1 Å². The molecule has 2 N–H and O–H groups in total. The quantitative estimate of drug-likeness (QED) is 0.619. The molecule has 0 radical (unpaired) electrons. The van der Waals surface area contributed by atoms with Crippen molar-refractivity contribution in [2.24, 2.45) is 0 Å². The monoisotopic (exact) mass is 329 g/mol. The summed E-state index contributed by atoms with van der Waals surface area (Å²) >= 11 is 0. The second-order valence-corrected chi connectivity index (χ2v) is 6.08. The molecular weight excluding hydrogens is 302 g/mol. The summed E-state index contributed by atoms with van der Waals surface area (Å²) < 4.78 is 10.7. The number of hydrogen-bond acceptors (Lipinski definition) is 4. The highest BCUT2D eigenvalue weighted by Gasteiger charge is 2.12. The van der Waals surface area contributed by atoms with E-state index in [-0.39, 0.29) is 0 Å². The molecule has 0 saturated heterocycles. The van der Waals surface area contributed by atoms with Gasteiger partial charge in [-0.2, -0.15) is 0 Å². The third-order valence-corrected chi connectivity index (χ3v) is 4.30. The van der Waals surface area contributed by atoms with Gasteiger partial charge in [-0.25, -0.2) is 0 Å². The van der Waals surface area contributed by atoms with Crippen LogP contribution in [0.25, 0.3) is 5.57 Å². The number of phenols is 1. The van der Waals surface area contributed by atoms with Gasteiger partial charge in [0.1, 0.15) is 11.5 Å². The summed E-state index contributed by atoms with van der Waals surface area (Å²) in [5.41, 5.74) is 4.18. The molecule has 0 aliphatic carbocycles. The predicted molar refractivity (Wildman–Crippen MR) is 98.0 cm³/mol. The van der Waals surface area contributed by atoms with Crippen molar-refractivity contribution < 1.29 is 14.6 Å². The van der Waals surface area contributed by atoms with Crippen molar-refractivity contribution in [3.8, 4) is 5.75 Å². The number of benzene rings is 1. The number of methoxy groups -OCH3 is 2. The van der Waals surface area contributed by atoms with Gasteiger partial charge in [-0.05, 0) is 60.8 Å². The Morgan fingerprint density at radius 2 is 2.17 bits per heavy atom. The lowest BCUT2D eigenvalue weighted by molar-refractivity contribution is 0.166. The fourth-order valence-electron chi connectivity index (χ4n) is 2.73. The molecule has 1 heterocycles. The van der Waals surface area contributed by atoms with E-state index in [0.717, 1.165) is 42.0 Å². The standard InChI is InChI=1S/C20H27NO3/c1-14-11-17(7-9-19(14)22)15(2)20(24-4)10-6-16-5-8-18(13-23-3)21-12-16/h5-7,9-11,18,21-22H,8,12-13H2,1-4H3/b10-6-,20-15-. The fourth-order valence-corrected chi connectivity index (χ4v) is 2.73. The van der Waals surface area contributed by atoms with E-state index in [0.29, 0.717) is 11.8 Å². The number of aromatic hydroxyl groups is 1. The number of ether oxygens (including phenoxy) is 2. The largest absolute Gasteiger partial charge is 0.508 e. The molecule has 1 unspecified atom stereocenters. The zero-order chi connectivity index (χ0) is 17.5. The summed E-state index contributed by atoms with van der Waals surface area (Å²) in [6, 6.07) is 5.98. The number of allylic oxidation sites excluding steroid dienone is 2. The third kappa shape index (κ3) is 4.73. The summed E-state index contributed by atoms with van der Waals surface area (Å²) in [6.45, 7) is 5.48. The molecule has 130 valence electrons. The molecule has 1 atom stereocenters. The van der Waals surface area contributed by atoms with Crippen LogP contribution in [0.3, 0.4) is 0 Å². The van der Waals surface area contributed by atoms with Crippen LogP contribution in [0.1, 0.15) is 24.5 Å². The number of nitrogens with one attached hydrogen (secondary N) is 1. The Balaban J connectivity index is 2.14. The van der Waals surface area contributed by atoms with Gasteiger partial charge in [-0.1, -0.05) is 18.2 Å². The SMILES string of the molecule is COCC1CC=C(/C=C\C(OC)=C(/C)c2ccc(O)c(C)c2)CN1. The predicted octanol–water partition coefficient (Wildman–Crippen LogP) is 3.57. The van der Waals surface area contributed by atoms with Crippen molar-refractivity contribution in [2.75, 3.05) is 27.4 Å². The minimum absolute atomic E-state index is 0.310. The summed E-state index contributed by atoms with van der Waals surface area (Å²) in [4.78, 5) is 0. The maximum atomic E-state index is 9.67. The van der Waals surface area contributed by atoms with Gasteiger partial charge in [0.2, 0.25) is 0 Å². The number of rotatable bonds is 6. The third-order valence-electron chi connectivity index (χ3n) is 4.30. The van der Waals surface area contributed by atoms with Crippen LogP contribution in [0.5, 0.6) is 5.75 Å². The van der Waals surface area contributed by atoms with Crippen molar-refractivity contribution in [1.82, 2.24) is 5.32 Å². The maximum absolute atomic E-state index is 9.67. The zero-order valence-corrected chi connectivity index (χ0v) is 14.9. The van der Waals surface area contributed by atoms with Gasteiger partial charge in [0.25, 0.3) is 0 Å². The van der Waals surface area contributed by atoms with Crippen LogP contribution < -0.4 is 5.32 Å². The first kappa shape index (κ1) is 18.3. The molecule has 4 heteroatoms. The first-order chi connectivity index (χ1) is 11.5. The lowest BCUT2D eigenvalue weighted by Gasteiger charge is -2.21. The molecule has 2 rings (SSSR count). The summed E-state index contributed by atoms with van der Waals surface area (Å²) in [5.74, 6) is 1.13. The van der Waals surface area contributed by atoms with Gasteiger partial charge < -0.3 is 19.9 Å². The van der Waals surface area contributed by atoms with Crippen LogP contribution in [-0.2, 0) is 9.47 Å². The highest BCUT2D eigenvalue weighted by atomic mass is 16.5. The molecule has 0 fully saturated rings. The topological polar surface area (TPSA) is 50.7 Å². The minimum Gasteiger partial charge on any atom is -0.508 e. The van der Waals surface area contributed by atoms with Crippen LogP contribution in [0.15, 0.2) is 47.8 Å². The lowest BCUT2D eigenvalue weighted by atomic mass is 10.0. The Bertz CT molecular complexity index is 659. The van der Waals surface area contributed by atoms with Crippen LogP contribution >= 0.6 is 0 Å². The highest BCUT2D eigenvalue weighted by molar-refractivity contribution is 5.69. The second-order valence-electron chi connectivity index (χ2n) is 6.08. The number of aryl methyl sites for hydroxylation is 1. The molecule has 1 aliphatic rings. The van der Waals surface area contributed by atoms with E-state index in [9.17, 15) is 5.11 Å². The molecule has 4 nitrogen and oxygen atoms in total. The summed E-state index contributed by atoms with van der Waals surface area (Å²) in [7, 11) is 3.41. The number of phenolic OH excluding ortho intramolecular Hbond substituents is 1.